The number of para-hydroxylation sites is 1. The smallest absolute Gasteiger partial charge is 0.288 e. The first kappa shape index (κ1) is 15.6. The van der Waals surface area contributed by atoms with E-state index in [2.05, 4.69) is 24.1 Å². The van der Waals surface area contributed by atoms with Gasteiger partial charge in [0.25, 0.3) is 5.76 Å². The molecule has 1 saturated heterocycles. The number of hydrogen-bond donors (Lipinski definition) is 1. The van der Waals surface area contributed by atoms with Gasteiger partial charge in [-0.1, -0.05) is 30.8 Å². The third-order valence-corrected chi connectivity index (χ3v) is 4.54. The summed E-state index contributed by atoms with van der Waals surface area (Å²) in [6.07, 6.45) is 2.12. The van der Waals surface area contributed by atoms with E-state index in [1.165, 1.54) is 0 Å². The van der Waals surface area contributed by atoms with Crippen molar-refractivity contribution in [3.05, 3.63) is 24.3 Å². The maximum absolute atomic E-state index is 12.7. The van der Waals surface area contributed by atoms with Crippen LogP contribution < -0.4 is 10.2 Å². The monoisotopic (exact) mass is 300 g/mol. The Morgan fingerprint density at radius 3 is 2.80 bits per heavy atom. The topological polar surface area (TPSA) is 15.3 Å². The maximum Gasteiger partial charge on any atom is 0.288 e. The van der Waals surface area contributed by atoms with Crippen LogP contribution in [0.1, 0.15) is 26.7 Å². The van der Waals surface area contributed by atoms with E-state index in [1.807, 2.05) is 18.2 Å². The zero-order valence-corrected chi connectivity index (χ0v) is 12.8. The highest BCUT2D eigenvalue weighted by Gasteiger charge is 2.26. The Morgan fingerprint density at radius 1 is 1.40 bits per heavy atom. The predicted octanol–water partition coefficient (Wildman–Crippen LogP) is 3.97. The summed E-state index contributed by atoms with van der Waals surface area (Å²) >= 11 is 0.641. The minimum atomic E-state index is -2.37. The molecule has 1 aliphatic rings. The van der Waals surface area contributed by atoms with Gasteiger partial charge in [-0.05, 0) is 38.4 Å². The zero-order chi connectivity index (χ0) is 14.5. The van der Waals surface area contributed by atoms with Crippen molar-refractivity contribution in [2.75, 3.05) is 18.0 Å². The maximum atomic E-state index is 12.7. The summed E-state index contributed by atoms with van der Waals surface area (Å²) in [4.78, 5) is 2.94. The zero-order valence-electron chi connectivity index (χ0n) is 12.0. The molecule has 0 aromatic heterocycles. The molecule has 0 amide bonds. The molecule has 1 aliphatic heterocycles. The largest absolute Gasteiger partial charge is 0.368 e. The Bertz CT molecular complexity index is 428. The van der Waals surface area contributed by atoms with Crippen LogP contribution in [0.25, 0.3) is 0 Å². The molecule has 0 saturated carbocycles. The van der Waals surface area contributed by atoms with Gasteiger partial charge in [0.1, 0.15) is 0 Å². The van der Waals surface area contributed by atoms with E-state index in [0.29, 0.717) is 28.7 Å². The standard InChI is InChI=1S/C15H22F2N2S/c1-3-18-12-8-9-19(11(2)10-12)13-6-4-5-7-14(13)20-15(16)17/h4-7,11-12,15,18H,3,8-10H2,1-2H3. The molecule has 1 fully saturated rings. The molecular weight excluding hydrogens is 278 g/mol. The summed E-state index contributed by atoms with van der Waals surface area (Å²) in [6.45, 7) is 6.19. The molecule has 2 nitrogen and oxygen atoms in total. The van der Waals surface area contributed by atoms with E-state index in [0.717, 1.165) is 31.6 Å². The van der Waals surface area contributed by atoms with E-state index in [9.17, 15) is 8.78 Å². The summed E-state index contributed by atoms with van der Waals surface area (Å²) in [6, 6.07) is 8.40. The number of hydrogen-bond acceptors (Lipinski definition) is 3. The molecule has 1 aromatic carbocycles. The lowest BCUT2D eigenvalue weighted by Gasteiger charge is -2.40. The molecule has 0 aliphatic carbocycles. The van der Waals surface area contributed by atoms with Gasteiger partial charge < -0.3 is 10.2 Å². The molecule has 20 heavy (non-hydrogen) atoms. The van der Waals surface area contributed by atoms with Crippen LogP contribution in [0.3, 0.4) is 0 Å². The highest BCUT2D eigenvalue weighted by Crippen LogP contribution is 2.36. The average Bonchev–Trinajstić information content (AvgIpc) is 2.40. The van der Waals surface area contributed by atoms with Crippen LogP contribution in [0.5, 0.6) is 0 Å². The van der Waals surface area contributed by atoms with E-state index in [-0.39, 0.29) is 0 Å². The minimum Gasteiger partial charge on any atom is -0.368 e. The first-order chi connectivity index (χ1) is 9.61. The molecule has 1 aromatic rings. The number of anilines is 1. The lowest BCUT2D eigenvalue weighted by molar-refractivity contribution is 0.252. The summed E-state index contributed by atoms with van der Waals surface area (Å²) in [7, 11) is 0. The summed E-state index contributed by atoms with van der Waals surface area (Å²) in [5.74, 6) is -2.37. The van der Waals surface area contributed by atoms with Crippen molar-refractivity contribution in [1.29, 1.82) is 0 Å². The van der Waals surface area contributed by atoms with E-state index < -0.39 is 5.76 Å². The number of benzene rings is 1. The van der Waals surface area contributed by atoms with Crippen molar-refractivity contribution in [3.8, 4) is 0 Å². The third kappa shape index (κ3) is 3.85. The summed E-state index contributed by atoms with van der Waals surface area (Å²) in [5, 5.41) is 3.48. The van der Waals surface area contributed by atoms with Gasteiger partial charge in [-0.3, -0.25) is 0 Å². The summed E-state index contributed by atoms with van der Waals surface area (Å²) in [5.41, 5.74) is 0.945. The first-order valence-corrected chi connectivity index (χ1v) is 8.03. The number of alkyl halides is 2. The van der Waals surface area contributed by atoms with E-state index in [1.54, 1.807) is 6.07 Å². The molecule has 2 unspecified atom stereocenters. The Hall–Kier alpha value is -0.810. The minimum absolute atomic E-state index is 0.368. The quantitative estimate of drug-likeness (QED) is 0.828. The van der Waals surface area contributed by atoms with Gasteiger partial charge in [0.05, 0.1) is 5.69 Å². The van der Waals surface area contributed by atoms with Crippen LogP contribution in [0.15, 0.2) is 29.2 Å². The number of halogens is 2. The molecule has 2 atom stereocenters. The number of nitrogens with zero attached hydrogens (tertiary/aromatic N) is 1. The normalized spacial score (nSPS) is 23.4. The number of rotatable bonds is 5. The fourth-order valence-electron chi connectivity index (χ4n) is 2.89. The lowest BCUT2D eigenvalue weighted by atomic mass is 9.97. The Labute approximate surface area is 123 Å². The fraction of sp³-hybridized carbons (Fsp3) is 0.600. The van der Waals surface area contributed by atoms with Gasteiger partial charge in [0, 0.05) is 23.5 Å². The van der Waals surface area contributed by atoms with Crippen molar-refractivity contribution in [3.63, 3.8) is 0 Å². The van der Waals surface area contributed by atoms with Gasteiger partial charge >= 0.3 is 0 Å². The van der Waals surface area contributed by atoms with Crippen molar-refractivity contribution in [2.24, 2.45) is 0 Å². The molecule has 1 heterocycles. The van der Waals surface area contributed by atoms with Gasteiger partial charge in [-0.2, -0.15) is 8.78 Å². The second kappa shape index (κ2) is 7.27. The summed E-state index contributed by atoms with van der Waals surface area (Å²) < 4.78 is 25.3. The van der Waals surface area contributed by atoms with E-state index in [4.69, 9.17) is 0 Å². The van der Waals surface area contributed by atoms with Crippen LogP contribution in [0.2, 0.25) is 0 Å². The molecule has 0 spiro atoms. The Morgan fingerprint density at radius 2 is 2.15 bits per heavy atom. The van der Waals surface area contributed by atoms with Gasteiger partial charge in [0.15, 0.2) is 0 Å². The number of piperidine rings is 1. The number of thioether (sulfide) groups is 1. The van der Waals surface area contributed by atoms with Crippen LogP contribution >= 0.6 is 11.8 Å². The molecule has 0 radical (unpaired) electrons. The molecule has 0 bridgehead atoms. The van der Waals surface area contributed by atoms with Crippen LogP contribution in [-0.2, 0) is 0 Å². The van der Waals surface area contributed by atoms with Crippen LogP contribution in [0.4, 0.5) is 14.5 Å². The lowest BCUT2D eigenvalue weighted by Crippen LogP contribution is -2.47. The van der Waals surface area contributed by atoms with Crippen molar-refractivity contribution in [2.45, 2.75) is 49.4 Å². The van der Waals surface area contributed by atoms with Crippen molar-refractivity contribution < 1.29 is 8.78 Å². The highest BCUT2D eigenvalue weighted by atomic mass is 32.2. The number of nitrogens with one attached hydrogen (secondary N) is 1. The first-order valence-electron chi connectivity index (χ1n) is 7.15. The molecular formula is C15H22F2N2S. The van der Waals surface area contributed by atoms with Crippen molar-refractivity contribution >= 4 is 17.4 Å². The molecule has 1 N–H and O–H groups in total. The average molecular weight is 300 g/mol. The van der Waals surface area contributed by atoms with Crippen LogP contribution in [-0.4, -0.2) is 30.9 Å². The fourth-order valence-corrected chi connectivity index (χ4v) is 3.55. The second-order valence-corrected chi connectivity index (χ2v) is 6.20. The van der Waals surface area contributed by atoms with Crippen LogP contribution in [0, 0.1) is 0 Å². The molecule has 5 heteroatoms. The Kier molecular flexibility index (Phi) is 5.66. The van der Waals surface area contributed by atoms with E-state index >= 15 is 0 Å². The van der Waals surface area contributed by atoms with Gasteiger partial charge in [-0.15, -0.1) is 0 Å². The van der Waals surface area contributed by atoms with Crippen molar-refractivity contribution in [1.82, 2.24) is 5.32 Å². The molecule has 112 valence electrons. The predicted molar refractivity (Wildman–Crippen MR) is 81.8 cm³/mol. The molecule has 2 rings (SSSR count). The highest BCUT2D eigenvalue weighted by molar-refractivity contribution is 7.99. The van der Waals surface area contributed by atoms with Gasteiger partial charge in [-0.25, -0.2) is 0 Å². The Balaban J connectivity index is 2.12. The van der Waals surface area contributed by atoms with Gasteiger partial charge in [0.2, 0.25) is 0 Å². The third-order valence-electron chi connectivity index (χ3n) is 3.76. The SMILES string of the molecule is CCNC1CCN(c2ccccc2SC(F)F)C(C)C1. The second-order valence-electron chi connectivity index (χ2n) is 5.17.